The van der Waals surface area contributed by atoms with E-state index in [9.17, 15) is 4.79 Å². The highest BCUT2D eigenvalue weighted by Crippen LogP contribution is 2.51. The second-order valence-corrected chi connectivity index (χ2v) is 5.99. The van der Waals surface area contributed by atoms with Crippen LogP contribution in [-0.4, -0.2) is 43.0 Å². The highest BCUT2D eigenvalue weighted by atomic mass is 35.5. The normalized spacial score (nSPS) is 28.2. The Balaban J connectivity index is 2.01. The second kappa shape index (κ2) is 5.15. The fourth-order valence-electron chi connectivity index (χ4n) is 3.20. The summed E-state index contributed by atoms with van der Waals surface area (Å²) in [5.74, 6) is 0.616. The minimum absolute atomic E-state index is 0.110. The van der Waals surface area contributed by atoms with E-state index in [4.69, 9.17) is 16.3 Å². The van der Waals surface area contributed by atoms with Crippen molar-refractivity contribution in [2.45, 2.75) is 38.0 Å². The summed E-state index contributed by atoms with van der Waals surface area (Å²) in [6.45, 7) is 4.44. The monoisotopic (exact) mass is 259 g/mol. The Morgan fingerprint density at radius 1 is 1.59 bits per heavy atom. The predicted molar refractivity (Wildman–Crippen MR) is 68.2 cm³/mol. The van der Waals surface area contributed by atoms with Gasteiger partial charge in [0.1, 0.15) is 5.38 Å². The minimum atomic E-state index is -0.353. The third-order valence-electron chi connectivity index (χ3n) is 4.47. The minimum Gasteiger partial charge on any atom is -0.384 e. The molecule has 0 N–H and O–H groups in total. The molecule has 98 valence electrons. The number of amides is 1. The largest absolute Gasteiger partial charge is 0.384 e. The molecule has 2 atom stereocenters. The van der Waals surface area contributed by atoms with Crippen molar-refractivity contribution in [3.05, 3.63) is 0 Å². The SMILES string of the molecule is CC[C@@H](Cl)C(=O)N1C[C@H](COC)C2(CCC2)C1. The van der Waals surface area contributed by atoms with Gasteiger partial charge in [-0.15, -0.1) is 11.6 Å². The van der Waals surface area contributed by atoms with E-state index in [1.54, 1.807) is 7.11 Å². The van der Waals surface area contributed by atoms with Crippen molar-refractivity contribution in [3.63, 3.8) is 0 Å². The van der Waals surface area contributed by atoms with Crippen LogP contribution < -0.4 is 0 Å². The molecule has 2 aliphatic rings. The van der Waals surface area contributed by atoms with Crippen LogP contribution in [0.15, 0.2) is 0 Å². The summed E-state index contributed by atoms with van der Waals surface area (Å²) in [5.41, 5.74) is 0.343. The molecule has 17 heavy (non-hydrogen) atoms. The number of rotatable bonds is 4. The summed E-state index contributed by atoms with van der Waals surface area (Å²) in [7, 11) is 1.74. The molecule has 1 heterocycles. The standard InChI is InChI=1S/C13H22ClNO2/c1-3-11(14)12(16)15-7-10(8-17-2)13(9-15)5-4-6-13/h10-11H,3-9H2,1-2H3/t10-,11-/m1/s1. The van der Waals surface area contributed by atoms with E-state index in [1.807, 2.05) is 11.8 Å². The number of nitrogens with zero attached hydrogens (tertiary/aromatic N) is 1. The van der Waals surface area contributed by atoms with Gasteiger partial charge in [-0.25, -0.2) is 0 Å². The molecule has 0 radical (unpaired) electrons. The first-order valence-electron chi connectivity index (χ1n) is 6.55. The lowest BCUT2D eigenvalue weighted by Gasteiger charge is -2.42. The maximum absolute atomic E-state index is 12.1. The molecule has 4 heteroatoms. The van der Waals surface area contributed by atoms with Crippen molar-refractivity contribution in [3.8, 4) is 0 Å². The summed E-state index contributed by atoms with van der Waals surface area (Å²) in [4.78, 5) is 14.1. The number of likely N-dealkylation sites (tertiary alicyclic amines) is 1. The van der Waals surface area contributed by atoms with Crippen LogP contribution in [-0.2, 0) is 9.53 Å². The molecule has 0 aromatic heterocycles. The molecular weight excluding hydrogens is 238 g/mol. The quantitative estimate of drug-likeness (QED) is 0.725. The molecule has 0 unspecified atom stereocenters. The fraction of sp³-hybridized carbons (Fsp3) is 0.923. The van der Waals surface area contributed by atoms with Crippen molar-refractivity contribution >= 4 is 17.5 Å². The van der Waals surface area contributed by atoms with Crippen LogP contribution in [0.1, 0.15) is 32.6 Å². The van der Waals surface area contributed by atoms with Crippen LogP contribution in [0.3, 0.4) is 0 Å². The number of ether oxygens (including phenoxy) is 1. The molecule has 0 bridgehead atoms. The molecule has 1 aliphatic heterocycles. The van der Waals surface area contributed by atoms with E-state index in [2.05, 4.69) is 0 Å². The molecule has 1 spiro atoms. The molecule has 1 amide bonds. The molecule has 1 saturated carbocycles. The van der Waals surface area contributed by atoms with Crippen molar-refractivity contribution in [2.24, 2.45) is 11.3 Å². The van der Waals surface area contributed by atoms with Crippen molar-refractivity contribution in [1.82, 2.24) is 4.90 Å². The third kappa shape index (κ3) is 2.32. The Hall–Kier alpha value is -0.280. The van der Waals surface area contributed by atoms with Crippen molar-refractivity contribution in [1.29, 1.82) is 0 Å². The molecule has 1 aliphatic carbocycles. The van der Waals surface area contributed by atoms with Crippen LogP contribution in [0, 0.1) is 11.3 Å². The lowest BCUT2D eigenvalue weighted by molar-refractivity contribution is -0.130. The zero-order valence-corrected chi connectivity index (χ0v) is 11.5. The van der Waals surface area contributed by atoms with Gasteiger partial charge in [-0.05, 0) is 24.7 Å². The lowest BCUT2D eigenvalue weighted by Crippen LogP contribution is -2.40. The van der Waals surface area contributed by atoms with Gasteiger partial charge in [-0.3, -0.25) is 4.79 Å². The van der Waals surface area contributed by atoms with Crippen LogP contribution in [0.25, 0.3) is 0 Å². The van der Waals surface area contributed by atoms with E-state index in [0.29, 0.717) is 17.8 Å². The van der Waals surface area contributed by atoms with E-state index in [1.165, 1.54) is 19.3 Å². The molecule has 3 nitrogen and oxygen atoms in total. The van der Waals surface area contributed by atoms with E-state index >= 15 is 0 Å². The number of carbonyl (C=O) groups is 1. The number of hydrogen-bond acceptors (Lipinski definition) is 2. The Morgan fingerprint density at radius 2 is 2.29 bits per heavy atom. The fourth-order valence-corrected chi connectivity index (χ4v) is 3.34. The summed E-state index contributed by atoms with van der Waals surface area (Å²) in [5, 5.41) is -0.353. The summed E-state index contributed by atoms with van der Waals surface area (Å²) in [6, 6.07) is 0. The maximum atomic E-state index is 12.1. The average molecular weight is 260 g/mol. The molecule has 0 aromatic rings. The Labute approximate surface area is 108 Å². The predicted octanol–water partition coefficient (Wildman–Crippen LogP) is 2.28. The number of carbonyl (C=O) groups excluding carboxylic acids is 1. The van der Waals surface area contributed by atoms with Gasteiger partial charge in [0.15, 0.2) is 0 Å². The number of methoxy groups -OCH3 is 1. The highest BCUT2D eigenvalue weighted by Gasteiger charge is 2.51. The smallest absolute Gasteiger partial charge is 0.240 e. The van der Waals surface area contributed by atoms with Crippen molar-refractivity contribution in [2.75, 3.05) is 26.8 Å². The maximum Gasteiger partial charge on any atom is 0.240 e. The molecule has 2 fully saturated rings. The zero-order chi connectivity index (χ0) is 12.5. The molecule has 0 aromatic carbocycles. The van der Waals surface area contributed by atoms with Gasteiger partial charge < -0.3 is 9.64 Å². The van der Waals surface area contributed by atoms with Crippen molar-refractivity contribution < 1.29 is 9.53 Å². The van der Waals surface area contributed by atoms with Gasteiger partial charge in [0, 0.05) is 26.1 Å². The van der Waals surface area contributed by atoms with Gasteiger partial charge in [0.2, 0.25) is 5.91 Å². The van der Waals surface area contributed by atoms with Crippen LogP contribution in [0.4, 0.5) is 0 Å². The summed E-state index contributed by atoms with van der Waals surface area (Å²) < 4.78 is 5.30. The number of halogens is 1. The summed E-state index contributed by atoms with van der Waals surface area (Å²) >= 11 is 6.05. The first-order valence-corrected chi connectivity index (χ1v) is 6.98. The topological polar surface area (TPSA) is 29.5 Å². The Kier molecular flexibility index (Phi) is 3.99. The first kappa shape index (κ1) is 13.2. The molecular formula is C13H22ClNO2. The molecule has 2 rings (SSSR count). The Bertz CT molecular complexity index is 291. The van der Waals surface area contributed by atoms with Crippen LogP contribution >= 0.6 is 11.6 Å². The van der Waals surface area contributed by atoms with Crippen LogP contribution in [0.5, 0.6) is 0 Å². The molecule has 1 saturated heterocycles. The number of hydrogen-bond donors (Lipinski definition) is 0. The zero-order valence-electron chi connectivity index (χ0n) is 10.7. The summed E-state index contributed by atoms with van der Waals surface area (Å²) in [6.07, 6.45) is 4.48. The van der Waals surface area contributed by atoms with Gasteiger partial charge in [0.25, 0.3) is 0 Å². The third-order valence-corrected chi connectivity index (χ3v) is 4.96. The van der Waals surface area contributed by atoms with E-state index in [0.717, 1.165) is 19.7 Å². The Morgan fingerprint density at radius 3 is 2.76 bits per heavy atom. The number of alkyl halides is 1. The highest BCUT2D eigenvalue weighted by molar-refractivity contribution is 6.30. The van der Waals surface area contributed by atoms with Gasteiger partial charge >= 0.3 is 0 Å². The first-order chi connectivity index (χ1) is 8.13. The van der Waals surface area contributed by atoms with Crippen LogP contribution in [0.2, 0.25) is 0 Å². The van der Waals surface area contributed by atoms with Gasteiger partial charge in [-0.1, -0.05) is 13.3 Å². The van der Waals surface area contributed by atoms with Gasteiger partial charge in [0.05, 0.1) is 6.61 Å². The van der Waals surface area contributed by atoms with E-state index in [-0.39, 0.29) is 11.3 Å². The second-order valence-electron chi connectivity index (χ2n) is 5.46. The lowest BCUT2D eigenvalue weighted by atomic mass is 9.63. The van der Waals surface area contributed by atoms with E-state index < -0.39 is 0 Å². The average Bonchev–Trinajstić information content (AvgIpc) is 2.67. The van der Waals surface area contributed by atoms with Gasteiger partial charge in [-0.2, -0.15) is 0 Å².